The van der Waals surface area contributed by atoms with Crippen molar-refractivity contribution in [2.75, 3.05) is 0 Å². The molecule has 0 amide bonds. The second-order valence-corrected chi connectivity index (χ2v) is 6.63. The molecule has 0 atom stereocenters. The first-order chi connectivity index (χ1) is 10.6. The Bertz CT molecular complexity index is 1070. The summed E-state index contributed by atoms with van der Waals surface area (Å²) in [6.07, 6.45) is 3.40. The van der Waals surface area contributed by atoms with Crippen LogP contribution < -0.4 is 5.56 Å². The monoisotopic (exact) mass is 346 g/mol. The van der Waals surface area contributed by atoms with Gasteiger partial charge in [0, 0.05) is 33.9 Å². The number of benzene rings is 1. The standard InChI is InChI=1S/C16H8Cl2N2OS/c17-9-1-3-10(4-2-9)20-8-6-11-13-12(18)5-7-19-15(13)22-14(11)16(20)21/h1-8H. The van der Waals surface area contributed by atoms with Crippen molar-refractivity contribution in [3.63, 3.8) is 0 Å². The first kappa shape index (κ1) is 13.8. The highest BCUT2D eigenvalue weighted by Gasteiger charge is 2.13. The van der Waals surface area contributed by atoms with Gasteiger partial charge in [-0.3, -0.25) is 9.36 Å². The van der Waals surface area contributed by atoms with Gasteiger partial charge in [-0.15, -0.1) is 11.3 Å². The van der Waals surface area contributed by atoms with E-state index in [2.05, 4.69) is 4.98 Å². The topological polar surface area (TPSA) is 34.9 Å². The molecule has 3 nitrogen and oxygen atoms in total. The van der Waals surface area contributed by atoms with E-state index in [0.29, 0.717) is 14.7 Å². The lowest BCUT2D eigenvalue weighted by Gasteiger charge is -2.05. The number of pyridine rings is 2. The molecule has 3 aromatic heterocycles. The molecule has 22 heavy (non-hydrogen) atoms. The quantitative estimate of drug-likeness (QED) is 0.490. The fourth-order valence-electron chi connectivity index (χ4n) is 2.46. The third-order valence-corrected chi connectivity index (χ3v) is 5.15. The summed E-state index contributed by atoms with van der Waals surface area (Å²) < 4.78 is 2.25. The van der Waals surface area contributed by atoms with Crippen molar-refractivity contribution < 1.29 is 0 Å². The van der Waals surface area contributed by atoms with Gasteiger partial charge in [0.05, 0.1) is 5.02 Å². The van der Waals surface area contributed by atoms with Crippen LogP contribution in [-0.2, 0) is 0 Å². The summed E-state index contributed by atoms with van der Waals surface area (Å²) in [7, 11) is 0. The molecule has 108 valence electrons. The van der Waals surface area contributed by atoms with Crippen LogP contribution in [0.5, 0.6) is 0 Å². The van der Waals surface area contributed by atoms with Gasteiger partial charge in [0.15, 0.2) is 0 Å². The van der Waals surface area contributed by atoms with E-state index in [1.807, 2.05) is 18.2 Å². The first-order valence-corrected chi connectivity index (χ1v) is 8.07. The third-order valence-electron chi connectivity index (χ3n) is 3.49. The van der Waals surface area contributed by atoms with Gasteiger partial charge in [-0.25, -0.2) is 4.98 Å². The maximum atomic E-state index is 12.8. The zero-order chi connectivity index (χ0) is 15.3. The smallest absolute Gasteiger partial charge is 0.273 e. The second kappa shape index (κ2) is 5.09. The van der Waals surface area contributed by atoms with Crippen LogP contribution in [0.2, 0.25) is 10.0 Å². The molecule has 0 bridgehead atoms. The Balaban J connectivity index is 2.06. The van der Waals surface area contributed by atoms with Gasteiger partial charge in [0.2, 0.25) is 0 Å². The molecule has 0 radical (unpaired) electrons. The summed E-state index contributed by atoms with van der Waals surface area (Å²) in [5.74, 6) is 0. The number of hydrogen-bond donors (Lipinski definition) is 0. The van der Waals surface area contributed by atoms with Crippen molar-refractivity contribution in [1.29, 1.82) is 0 Å². The molecule has 3 heterocycles. The summed E-state index contributed by atoms with van der Waals surface area (Å²) >= 11 is 13.5. The number of hydrogen-bond acceptors (Lipinski definition) is 3. The number of thiophene rings is 1. The second-order valence-electron chi connectivity index (χ2n) is 4.79. The van der Waals surface area contributed by atoms with Crippen LogP contribution in [0.25, 0.3) is 26.0 Å². The molecule has 0 aliphatic carbocycles. The Morgan fingerprint density at radius 2 is 1.82 bits per heavy atom. The molecule has 0 saturated heterocycles. The van der Waals surface area contributed by atoms with E-state index in [-0.39, 0.29) is 5.56 Å². The summed E-state index contributed by atoms with van der Waals surface area (Å²) in [5, 5.41) is 2.92. The van der Waals surface area contributed by atoms with Crippen LogP contribution in [-0.4, -0.2) is 9.55 Å². The lowest BCUT2D eigenvalue weighted by molar-refractivity contribution is 1.01. The predicted molar refractivity (Wildman–Crippen MR) is 92.7 cm³/mol. The molecule has 6 heteroatoms. The zero-order valence-corrected chi connectivity index (χ0v) is 13.4. The van der Waals surface area contributed by atoms with Gasteiger partial charge < -0.3 is 0 Å². The van der Waals surface area contributed by atoms with Crippen LogP contribution >= 0.6 is 34.5 Å². The van der Waals surface area contributed by atoms with Gasteiger partial charge in [0.1, 0.15) is 9.53 Å². The normalized spacial score (nSPS) is 11.4. The Kier molecular flexibility index (Phi) is 3.18. The minimum Gasteiger partial charge on any atom is -0.283 e. The largest absolute Gasteiger partial charge is 0.283 e. The molecule has 0 unspecified atom stereocenters. The van der Waals surface area contributed by atoms with Crippen LogP contribution in [0.15, 0.2) is 53.6 Å². The number of rotatable bonds is 1. The van der Waals surface area contributed by atoms with Crippen molar-refractivity contribution in [2.24, 2.45) is 0 Å². The van der Waals surface area contributed by atoms with Crippen molar-refractivity contribution in [3.8, 4) is 5.69 Å². The summed E-state index contributed by atoms with van der Waals surface area (Å²) in [6.45, 7) is 0. The first-order valence-electron chi connectivity index (χ1n) is 6.49. The van der Waals surface area contributed by atoms with E-state index >= 15 is 0 Å². The minimum absolute atomic E-state index is 0.0844. The van der Waals surface area contributed by atoms with E-state index in [9.17, 15) is 4.79 Å². The molecule has 1 aromatic carbocycles. The highest BCUT2D eigenvalue weighted by molar-refractivity contribution is 7.25. The lowest BCUT2D eigenvalue weighted by Crippen LogP contribution is -2.16. The van der Waals surface area contributed by atoms with Crippen molar-refractivity contribution in [3.05, 3.63) is 69.2 Å². The SMILES string of the molecule is O=c1c2sc3nccc(Cl)c3c2ccn1-c1ccc(Cl)cc1. The molecule has 4 aromatic rings. The molecule has 0 N–H and O–H groups in total. The minimum atomic E-state index is -0.0844. The summed E-state index contributed by atoms with van der Waals surface area (Å²) in [4.78, 5) is 17.8. The van der Waals surface area contributed by atoms with E-state index in [4.69, 9.17) is 23.2 Å². The number of fused-ring (bicyclic) bond motifs is 3. The molecule has 0 spiro atoms. The number of nitrogens with zero attached hydrogens (tertiary/aromatic N) is 2. The lowest BCUT2D eigenvalue weighted by atomic mass is 10.2. The molecular weight excluding hydrogens is 339 g/mol. The molecule has 0 aliphatic rings. The van der Waals surface area contributed by atoms with E-state index in [1.165, 1.54) is 11.3 Å². The summed E-state index contributed by atoms with van der Waals surface area (Å²) in [5.41, 5.74) is 0.687. The number of aromatic nitrogens is 2. The number of halogens is 2. The van der Waals surface area contributed by atoms with E-state index in [1.54, 1.807) is 35.2 Å². The van der Waals surface area contributed by atoms with Gasteiger partial charge in [-0.05, 0) is 36.4 Å². The average molecular weight is 347 g/mol. The zero-order valence-electron chi connectivity index (χ0n) is 11.1. The Morgan fingerprint density at radius 3 is 2.59 bits per heavy atom. The van der Waals surface area contributed by atoms with Crippen molar-refractivity contribution >= 4 is 54.8 Å². The maximum Gasteiger partial charge on any atom is 0.273 e. The van der Waals surface area contributed by atoms with E-state index in [0.717, 1.165) is 21.3 Å². The van der Waals surface area contributed by atoms with Crippen LogP contribution in [0.1, 0.15) is 0 Å². The Morgan fingerprint density at radius 1 is 1.05 bits per heavy atom. The predicted octanol–water partition coefficient (Wildman–Crippen LogP) is 4.91. The van der Waals surface area contributed by atoms with Crippen molar-refractivity contribution in [2.45, 2.75) is 0 Å². The molecule has 0 fully saturated rings. The highest BCUT2D eigenvalue weighted by atomic mass is 35.5. The Labute approximate surface area is 139 Å². The van der Waals surface area contributed by atoms with Gasteiger partial charge in [0.25, 0.3) is 5.56 Å². The molecule has 0 aliphatic heterocycles. The fraction of sp³-hybridized carbons (Fsp3) is 0. The van der Waals surface area contributed by atoms with Crippen LogP contribution in [0.3, 0.4) is 0 Å². The summed E-state index contributed by atoms with van der Waals surface area (Å²) in [6, 6.07) is 10.8. The average Bonchev–Trinajstić information content (AvgIpc) is 2.90. The highest BCUT2D eigenvalue weighted by Crippen LogP contribution is 2.34. The third kappa shape index (κ3) is 2.03. The van der Waals surface area contributed by atoms with Gasteiger partial charge in [-0.2, -0.15) is 0 Å². The van der Waals surface area contributed by atoms with Gasteiger partial charge >= 0.3 is 0 Å². The van der Waals surface area contributed by atoms with Crippen molar-refractivity contribution in [1.82, 2.24) is 9.55 Å². The van der Waals surface area contributed by atoms with Gasteiger partial charge in [-0.1, -0.05) is 23.2 Å². The molecule has 0 saturated carbocycles. The van der Waals surface area contributed by atoms with Crippen LogP contribution in [0, 0.1) is 0 Å². The maximum absolute atomic E-state index is 12.8. The van der Waals surface area contributed by atoms with E-state index < -0.39 is 0 Å². The molecule has 4 rings (SSSR count). The van der Waals surface area contributed by atoms with Crippen LogP contribution in [0.4, 0.5) is 0 Å². The molecular formula is C16H8Cl2N2OS. The Hall–Kier alpha value is -1.88. The fourth-order valence-corrected chi connectivity index (χ4v) is 3.98.